The van der Waals surface area contributed by atoms with Crippen LogP contribution in [0.2, 0.25) is 0 Å². The summed E-state index contributed by atoms with van der Waals surface area (Å²) in [6.07, 6.45) is 0. The number of hydrogen-bond acceptors (Lipinski definition) is 3. The van der Waals surface area contributed by atoms with Crippen LogP contribution in [0.5, 0.6) is 5.75 Å². The van der Waals surface area contributed by atoms with Crippen molar-refractivity contribution in [1.29, 1.82) is 0 Å². The maximum absolute atomic E-state index is 13.1. The summed E-state index contributed by atoms with van der Waals surface area (Å²) < 4.78 is 18.3. The van der Waals surface area contributed by atoms with Crippen molar-refractivity contribution in [3.05, 3.63) is 29.6 Å². The zero-order valence-electron chi connectivity index (χ0n) is 9.87. The summed E-state index contributed by atoms with van der Waals surface area (Å²) >= 11 is 0. The summed E-state index contributed by atoms with van der Waals surface area (Å²) in [5.74, 6) is 0.483. The van der Waals surface area contributed by atoms with Crippen molar-refractivity contribution in [2.45, 2.75) is 13.5 Å². The first-order valence-corrected chi connectivity index (χ1v) is 5.46. The van der Waals surface area contributed by atoms with Gasteiger partial charge in [0, 0.05) is 25.2 Å². The van der Waals surface area contributed by atoms with E-state index in [2.05, 4.69) is 11.8 Å². The van der Waals surface area contributed by atoms with Crippen LogP contribution in [0, 0.1) is 5.82 Å². The molecule has 0 spiro atoms. The lowest BCUT2D eigenvalue weighted by molar-refractivity contribution is 0.281. The fraction of sp³-hybridized carbons (Fsp3) is 0.500. The minimum absolute atomic E-state index is 0.236. The van der Waals surface area contributed by atoms with Crippen molar-refractivity contribution >= 4 is 0 Å². The monoisotopic (exact) mass is 226 g/mol. The maximum Gasteiger partial charge on any atom is 0.123 e. The van der Waals surface area contributed by atoms with Crippen LogP contribution in [-0.2, 0) is 6.54 Å². The number of halogens is 1. The minimum Gasteiger partial charge on any atom is -0.496 e. The van der Waals surface area contributed by atoms with E-state index in [0.717, 1.165) is 24.4 Å². The van der Waals surface area contributed by atoms with E-state index in [0.29, 0.717) is 13.1 Å². The zero-order valence-corrected chi connectivity index (χ0v) is 9.87. The van der Waals surface area contributed by atoms with Crippen LogP contribution in [0.1, 0.15) is 12.5 Å². The molecule has 1 aromatic rings. The number of hydrogen-bond donors (Lipinski definition) is 1. The Labute approximate surface area is 96.0 Å². The van der Waals surface area contributed by atoms with Gasteiger partial charge in [0.05, 0.1) is 7.11 Å². The largest absolute Gasteiger partial charge is 0.496 e. The maximum atomic E-state index is 13.1. The highest BCUT2D eigenvalue weighted by atomic mass is 19.1. The molecule has 2 N–H and O–H groups in total. The van der Waals surface area contributed by atoms with Gasteiger partial charge in [0.15, 0.2) is 0 Å². The summed E-state index contributed by atoms with van der Waals surface area (Å²) in [5.41, 5.74) is 6.37. The Morgan fingerprint density at radius 2 is 2.19 bits per heavy atom. The lowest BCUT2D eigenvalue weighted by atomic mass is 10.2. The predicted octanol–water partition coefficient (Wildman–Crippen LogP) is 1.61. The molecule has 0 radical (unpaired) electrons. The molecule has 0 amide bonds. The second-order valence-electron chi connectivity index (χ2n) is 3.61. The van der Waals surface area contributed by atoms with E-state index in [1.165, 1.54) is 12.1 Å². The fourth-order valence-corrected chi connectivity index (χ4v) is 1.64. The van der Waals surface area contributed by atoms with E-state index in [4.69, 9.17) is 10.5 Å². The first-order chi connectivity index (χ1) is 7.71. The molecule has 3 nitrogen and oxygen atoms in total. The lowest BCUT2D eigenvalue weighted by Crippen LogP contribution is -2.29. The van der Waals surface area contributed by atoms with Gasteiger partial charge in [0.2, 0.25) is 0 Å². The Morgan fingerprint density at radius 3 is 2.75 bits per heavy atom. The lowest BCUT2D eigenvalue weighted by Gasteiger charge is -2.20. The van der Waals surface area contributed by atoms with E-state index in [1.54, 1.807) is 13.2 Å². The number of rotatable bonds is 6. The Bertz CT molecular complexity index is 331. The van der Waals surface area contributed by atoms with Gasteiger partial charge in [0.1, 0.15) is 11.6 Å². The zero-order chi connectivity index (χ0) is 12.0. The third-order valence-corrected chi connectivity index (χ3v) is 2.53. The van der Waals surface area contributed by atoms with Gasteiger partial charge in [-0.15, -0.1) is 0 Å². The normalized spacial score (nSPS) is 10.8. The van der Waals surface area contributed by atoms with Gasteiger partial charge in [-0.25, -0.2) is 4.39 Å². The Kier molecular flexibility index (Phi) is 5.22. The Morgan fingerprint density at radius 1 is 1.44 bits per heavy atom. The molecule has 4 heteroatoms. The standard InChI is InChI=1S/C12H19FN2O/c1-3-15(7-6-14)9-10-8-11(13)4-5-12(10)16-2/h4-5,8H,3,6-7,9,14H2,1-2H3. The first-order valence-electron chi connectivity index (χ1n) is 5.46. The molecule has 1 rings (SSSR count). The van der Waals surface area contributed by atoms with Crippen molar-refractivity contribution < 1.29 is 9.13 Å². The highest BCUT2D eigenvalue weighted by Gasteiger charge is 2.08. The van der Waals surface area contributed by atoms with Gasteiger partial charge in [-0.05, 0) is 24.7 Å². The van der Waals surface area contributed by atoms with E-state index < -0.39 is 0 Å². The summed E-state index contributed by atoms with van der Waals surface area (Å²) in [4.78, 5) is 2.15. The topological polar surface area (TPSA) is 38.5 Å². The van der Waals surface area contributed by atoms with Crippen LogP contribution in [0.3, 0.4) is 0 Å². The molecular formula is C12H19FN2O. The number of nitrogens with two attached hydrogens (primary N) is 1. The van der Waals surface area contributed by atoms with Crippen molar-refractivity contribution in [3.63, 3.8) is 0 Å². The molecule has 0 fully saturated rings. The van der Waals surface area contributed by atoms with Gasteiger partial charge in [-0.3, -0.25) is 4.90 Å². The summed E-state index contributed by atoms with van der Waals surface area (Å²) in [5, 5.41) is 0. The number of ether oxygens (including phenoxy) is 1. The molecule has 0 unspecified atom stereocenters. The van der Waals surface area contributed by atoms with Crippen molar-refractivity contribution in [2.75, 3.05) is 26.7 Å². The van der Waals surface area contributed by atoms with Crippen LogP contribution in [0.4, 0.5) is 4.39 Å². The first kappa shape index (κ1) is 12.9. The predicted molar refractivity (Wildman–Crippen MR) is 63.0 cm³/mol. The molecule has 0 aromatic heterocycles. The van der Waals surface area contributed by atoms with Crippen molar-refractivity contribution in [3.8, 4) is 5.75 Å². The molecule has 0 heterocycles. The van der Waals surface area contributed by atoms with E-state index in [1.807, 2.05) is 0 Å². The van der Waals surface area contributed by atoms with E-state index in [9.17, 15) is 4.39 Å². The third kappa shape index (κ3) is 3.47. The Hall–Kier alpha value is -1.13. The van der Waals surface area contributed by atoms with Crippen LogP contribution in [-0.4, -0.2) is 31.6 Å². The molecule has 0 saturated heterocycles. The van der Waals surface area contributed by atoms with Crippen LogP contribution in [0.25, 0.3) is 0 Å². The molecule has 0 bridgehead atoms. The molecule has 90 valence electrons. The van der Waals surface area contributed by atoms with Gasteiger partial charge in [0.25, 0.3) is 0 Å². The highest BCUT2D eigenvalue weighted by Crippen LogP contribution is 2.20. The van der Waals surface area contributed by atoms with Crippen LogP contribution in [0.15, 0.2) is 18.2 Å². The van der Waals surface area contributed by atoms with E-state index >= 15 is 0 Å². The third-order valence-electron chi connectivity index (χ3n) is 2.53. The smallest absolute Gasteiger partial charge is 0.123 e. The van der Waals surface area contributed by atoms with Crippen molar-refractivity contribution in [1.82, 2.24) is 4.90 Å². The number of benzene rings is 1. The molecule has 16 heavy (non-hydrogen) atoms. The Balaban J connectivity index is 2.80. The molecule has 1 aromatic carbocycles. The van der Waals surface area contributed by atoms with E-state index in [-0.39, 0.29) is 5.82 Å². The molecule has 0 aliphatic heterocycles. The minimum atomic E-state index is -0.236. The fourth-order valence-electron chi connectivity index (χ4n) is 1.64. The van der Waals surface area contributed by atoms with Crippen LogP contribution < -0.4 is 10.5 Å². The van der Waals surface area contributed by atoms with Crippen molar-refractivity contribution in [2.24, 2.45) is 5.73 Å². The summed E-state index contributed by atoms with van der Waals surface area (Å²) in [6, 6.07) is 4.57. The summed E-state index contributed by atoms with van der Waals surface area (Å²) in [7, 11) is 1.59. The molecular weight excluding hydrogens is 207 g/mol. The average molecular weight is 226 g/mol. The molecule has 0 saturated carbocycles. The molecule has 0 aliphatic carbocycles. The second kappa shape index (κ2) is 6.45. The number of likely N-dealkylation sites (N-methyl/N-ethyl adjacent to an activating group) is 1. The van der Waals surface area contributed by atoms with Gasteiger partial charge in [-0.1, -0.05) is 6.92 Å². The average Bonchev–Trinajstić information content (AvgIpc) is 2.29. The quantitative estimate of drug-likeness (QED) is 0.801. The number of methoxy groups -OCH3 is 1. The van der Waals surface area contributed by atoms with Crippen LogP contribution >= 0.6 is 0 Å². The van der Waals surface area contributed by atoms with Gasteiger partial charge in [-0.2, -0.15) is 0 Å². The SMILES string of the molecule is CCN(CCN)Cc1cc(F)ccc1OC. The van der Waals surface area contributed by atoms with Gasteiger partial charge < -0.3 is 10.5 Å². The van der Waals surface area contributed by atoms with Gasteiger partial charge >= 0.3 is 0 Å². The number of nitrogens with zero attached hydrogens (tertiary/aromatic N) is 1. The molecule has 0 aliphatic rings. The molecule has 0 atom stereocenters. The summed E-state index contributed by atoms with van der Waals surface area (Å²) in [6.45, 7) is 5.01. The second-order valence-corrected chi connectivity index (χ2v) is 3.61. The highest BCUT2D eigenvalue weighted by molar-refractivity contribution is 5.33.